The number of hydrogen-bond donors (Lipinski definition) is 1. The molecule has 31 heavy (non-hydrogen) atoms. The van der Waals surface area contributed by atoms with Crippen LogP contribution < -0.4 is 5.32 Å². The average molecular weight is 417 g/mol. The maximum Gasteiger partial charge on any atom is 0.276 e. The van der Waals surface area contributed by atoms with Crippen LogP contribution >= 0.6 is 0 Å². The number of tetrazole rings is 1. The highest BCUT2D eigenvalue weighted by molar-refractivity contribution is 6.04. The van der Waals surface area contributed by atoms with Gasteiger partial charge in [-0.3, -0.25) is 4.79 Å². The number of aromatic nitrogens is 6. The Kier molecular flexibility index (Phi) is 4.78. The number of nitrogens with zero attached hydrogens (tertiary/aromatic N) is 6. The molecule has 0 atom stereocenters. The predicted molar refractivity (Wildman–Crippen MR) is 112 cm³/mol. The van der Waals surface area contributed by atoms with Crippen LogP contribution in [0.3, 0.4) is 0 Å². The van der Waals surface area contributed by atoms with Gasteiger partial charge in [-0.05, 0) is 72.5 Å². The van der Waals surface area contributed by atoms with E-state index in [1.165, 1.54) is 12.1 Å². The highest BCUT2D eigenvalue weighted by Gasteiger charge is 2.25. The van der Waals surface area contributed by atoms with Crippen molar-refractivity contribution in [2.75, 3.05) is 5.32 Å². The third kappa shape index (κ3) is 3.58. The highest BCUT2D eigenvalue weighted by atomic mass is 19.1. The maximum atomic E-state index is 13.4. The molecule has 2 aromatic heterocycles. The molecule has 156 valence electrons. The Bertz CT molecular complexity index is 1260. The van der Waals surface area contributed by atoms with Crippen molar-refractivity contribution < 1.29 is 9.18 Å². The molecule has 0 saturated carbocycles. The van der Waals surface area contributed by atoms with Crippen LogP contribution in [0.1, 0.15) is 34.6 Å². The normalized spacial score (nSPS) is 13.1. The van der Waals surface area contributed by atoms with E-state index in [0.29, 0.717) is 17.2 Å². The van der Waals surface area contributed by atoms with Gasteiger partial charge >= 0.3 is 0 Å². The third-order valence-corrected chi connectivity index (χ3v) is 5.47. The first-order valence-corrected chi connectivity index (χ1v) is 10.1. The lowest BCUT2D eigenvalue weighted by Crippen LogP contribution is -2.15. The van der Waals surface area contributed by atoms with Crippen molar-refractivity contribution in [1.29, 1.82) is 0 Å². The molecule has 0 spiro atoms. The lowest BCUT2D eigenvalue weighted by Gasteiger charge is -2.14. The minimum absolute atomic E-state index is 0.271. The van der Waals surface area contributed by atoms with Crippen molar-refractivity contribution in [1.82, 2.24) is 30.0 Å². The summed E-state index contributed by atoms with van der Waals surface area (Å²) in [6.45, 7) is 0. The quantitative estimate of drug-likeness (QED) is 0.550. The number of aryl methyl sites for hydroxylation is 1. The highest BCUT2D eigenvalue weighted by Crippen LogP contribution is 2.28. The van der Waals surface area contributed by atoms with Crippen LogP contribution in [0, 0.1) is 5.82 Å². The fourth-order valence-corrected chi connectivity index (χ4v) is 3.98. The standard InChI is InChI=1S/C22H20FN7O/c1-29-21(25-27-28-29)14-5-4-6-16(13-14)24-22(31)20-18-7-2-3-8-19(18)30(26-20)17-11-9-15(23)10-12-17/h4-6,9-13H,2-3,7-8H2,1H3,(H,24,31). The van der Waals surface area contributed by atoms with E-state index in [9.17, 15) is 9.18 Å². The van der Waals surface area contributed by atoms with Crippen LogP contribution in [0.25, 0.3) is 17.1 Å². The molecular formula is C22H20FN7O. The molecule has 1 aliphatic rings. The monoisotopic (exact) mass is 417 g/mol. The first kappa shape index (κ1) is 19.1. The van der Waals surface area contributed by atoms with E-state index in [-0.39, 0.29) is 11.7 Å². The summed E-state index contributed by atoms with van der Waals surface area (Å²) in [5.41, 5.74) is 4.55. The fourth-order valence-electron chi connectivity index (χ4n) is 3.98. The summed E-state index contributed by atoms with van der Waals surface area (Å²) in [6.07, 6.45) is 3.68. The largest absolute Gasteiger partial charge is 0.321 e. The van der Waals surface area contributed by atoms with Crippen molar-refractivity contribution in [3.05, 3.63) is 71.3 Å². The van der Waals surface area contributed by atoms with Gasteiger partial charge in [0.1, 0.15) is 5.82 Å². The second-order valence-electron chi connectivity index (χ2n) is 7.53. The minimum atomic E-state index is -0.305. The maximum absolute atomic E-state index is 13.4. The minimum Gasteiger partial charge on any atom is -0.321 e. The lowest BCUT2D eigenvalue weighted by molar-refractivity contribution is 0.102. The Morgan fingerprint density at radius 2 is 1.90 bits per heavy atom. The molecule has 0 radical (unpaired) electrons. The lowest BCUT2D eigenvalue weighted by atomic mass is 9.95. The Labute approximate surface area is 177 Å². The zero-order valence-electron chi connectivity index (χ0n) is 16.9. The van der Waals surface area contributed by atoms with Crippen LogP contribution in [0.2, 0.25) is 0 Å². The van der Waals surface area contributed by atoms with E-state index in [1.54, 1.807) is 28.5 Å². The first-order valence-electron chi connectivity index (χ1n) is 10.1. The summed E-state index contributed by atoms with van der Waals surface area (Å²) in [5.74, 6) is 0.0297. The van der Waals surface area contributed by atoms with Crippen LogP contribution in [0.5, 0.6) is 0 Å². The van der Waals surface area contributed by atoms with Crippen molar-refractivity contribution >= 4 is 11.6 Å². The average Bonchev–Trinajstić information content (AvgIpc) is 3.38. The predicted octanol–water partition coefficient (Wildman–Crippen LogP) is 3.33. The number of nitrogens with one attached hydrogen (secondary N) is 1. The molecule has 5 rings (SSSR count). The van der Waals surface area contributed by atoms with E-state index in [4.69, 9.17) is 0 Å². The number of halogens is 1. The summed E-state index contributed by atoms with van der Waals surface area (Å²) in [4.78, 5) is 13.2. The summed E-state index contributed by atoms with van der Waals surface area (Å²) in [5, 5.41) is 19.1. The fraction of sp³-hybridized carbons (Fsp3) is 0.227. The number of rotatable bonds is 4. The Hall–Kier alpha value is -3.88. The van der Waals surface area contributed by atoms with Crippen molar-refractivity contribution in [3.63, 3.8) is 0 Å². The van der Waals surface area contributed by atoms with Gasteiger partial charge in [0, 0.05) is 29.6 Å². The molecule has 1 N–H and O–H groups in total. The first-order chi connectivity index (χ1) is 15.1. The zero-order valence-corrected chi connectivity index (χ0v) is 16.9. The Morgan fingerprint density at radius 1 is 1.10 bits per heavy atom. The number of carbonyl (C=O) groups is 1. The van der Waals surface area contributed by atoms with Crippen LogP contribution in [0.15, 0.2) is 48.5 Å². The second kappa shape index (κ2) is 7.75. The molecule has 4 aromatic rings. The number of fused-ring (bicyclic) bond motifs is 1. The van der Waals surface area contributed by atoms with Crippen LogP contribution in [-0.4, -0.2) is 35.9 Å². The number of amides is 1. The van der Waals surface area contributed by atoms with Crippen molar-refractivity contribution in [2.45, 2.75) is 25.7 Å². The molecule has 8 nitrogen and oxygen atoms in total. The van der Waals surface area contributed by atoms with E-state index in [1.807, 2.05) is 24.3 Å². The summed E-state index contributed by atoms with van der Waals surface area (Å²) in [7, 11) is 1.76. The molecule has 0 fully saturated rings. The van der Waals surface area contributed by atoms with Crippen LogP contribution in [0.4, 0.5) is 10.1 Å². The van der Waals surface area contributed by atoms with Gasteiger partial charge in [-0.1, -0.05) is 12.1 Å². The van der Waals surface area contributed by atoms with Gasteiger partial charge in [0.05, 0.1) is 5.69 Å². The van der Waals surface area contributed by atoms with Gasteiger partial charge < -0.3 is 5.32 Å². The van der Waals surface area contributed by atoms with E-state index in [0.717, 1.165) is 48.2 Å². The number of benzene rings is 2. The Morgan fingerprint density at radius 3 is 2.68 bits per heavy atom. The van der Waals surface area contributed by atoms with Gasteiger partial charge in [-0.2, -0.15) is 5.10 Å². The topological polar surface area (TPSA) is 90.5 Å². The van der Waals surface area contributed by atoms with E-state index >= 15 is 0 Å². The Balaban J connectivity index is 1.47. The van der Waals surface area contributed by atoms with Gasteiger partial charge in [0.25, 0.3) is 5.91 Å². The molecule has 1 aliphatic carbocycles. The molecule has 0 bridgehead atoms. The number of carbonyl (C=O) groups excluding carboxylic acids is 1. The van der Waals surface area contributed by atoms with Gasteiger partial charge in [0.2, 0.25) is 0 Å². The second-order valence-corrected chi connectivity index (χ2v) is 7.53. The van der Waals surface area contributed by atoms with Gasteiger partial charge in [-0.15, -0.1) is 5.10 Å². The molecule has 0 unspecified atom stereocenters. The van der Waals surface area contributed by atoms with Gasteiger partial charge in [-0.25, -0.2) is 13.8 Å². The zero-order chi connectivity index (χ0) is 21.4. The van der Waals surface area contributed by atoms with E-state index in [2.05, 4.69) is 25.9 Å². The molecule has 0 aliphatic heterocycles. The smallest absolute Gasteiger partial charge is 0.276 e. The summed E-state index contributed by atoms with van der Waals surface area (Å²) < 4.78 is 16.7. The summed E-state index contributed by atoms with van der Waals surface area (Å²) >= 11 is 0. The summed E-state index contributed by atoms with van der Waals surface area (Å²) in [6, 6.07) is 13.5. The molecular weight excluding hydrogens is 397 g/mol. The number of hydrogen-bond acceptors (Lipinski definition) is 5. The number of anilines is 1. The van der Waals surface area contributed by atoms with Crippen molar-refractivity contribution in [2.24, 2.45) is 7.05 Å². The van der Waals surface area contributed by atoms with E-state index < -0.39 is 0 Å². The van der Waals surface area contributed by atoms with Gasteiger partial charge in [0.15, 0.2) is 11.5 Å². The molecule has 2 aromatic carbocycles. The third-order valence-electron chi connectivity index (χ3n) is 5.47. The molecule has 1 amide bonds. The van der Waals surface area contributed by atoms with Crippen LogP contribution in [-0.2, 0) is 19.9 Å². The molecule has 9 heteroatoms. The molecule has 2 heterocycles. The SMILES string of the molecule is Cn1nnnc1-c1cccc(NC(=O)c2nn(-c3ccc(F)cc3)c3c2CCCC3)c1. The molecule has 0 saturated heterocycles. The van der Waals surface area contributed by atoms with Crippen molar-refractivity contribution in [3.8, 4) is 17.1 Å².